The highest BCUT2D eigenvalue weighted by Gasteiger charge is 2.28. The average molecular weight is 422 g/mol. The maximum absolute atomic E-state index is 12.5. The standard InChI is InChI=1S/C21H28ClN3O4/c1-14-13-29-18-7-6-16(22)11-17(18)21(28)23-8-2-3-9-25(12-19(26)24-14)20(27)10-15-4-5-15/h6-7,11,14-15H,2-5,8-10,12-13H2,1H3,(H,23,28)(H,24,26)/t14-/m0/s1. The van der Waals surface area contributed by atoms with Crippen molar-refractivity contribution in [3.05, 3.63) is 28.8 Å². The first kappa shape index (κ1) is 21.4. The van der Waals surface area contributed by atoms with E-state index in [0.717, 1.165) is 12.8 Å². The van der Waals surface area contributed by atoms with E-state index < -0.39 is 0 Å². The van der Waals surface area contributed by atoms with Gasteiger partial charge in [-0.15, -0.1) is 0 Å². The van der Waals surface area contributed by atoms with E-state index in [1.54, 1.807) is 23.1 Å². The summed E-state index contributed by atoms with van der Waals surface area (Å²) in [6.45, 7) is 3.04. The lowest BCUT2D eigenvalue weighted by atomic mass is 10.1. The Morgan fingerprint density at radius 2 is 2.07 bits per heavy atom. The Morgan fingerprint density at radius 3 is 2.83 bits per heavy atom. The topological polar surface area (TPSA) is 87.7 Å². The number of hydrogen-bond donors (Lipinski definition) is 2. The first-order chi connectivity index (χ1) is 13.9. The van der Waals surface area contributed by atoms with Crippen LogP contribution in [0.15, 0.2) is 18.2 Å². The van der Waals surface area contributed by atoms with E-state index in [2.05, 4.69) is 10.6 Å². The molecule has 29 heavy (non-hydrogen) atoms. The molecule has 2 N–H and O–H groups in total. The molecule has 0 aromatic heterocycles. The van der Waals surface area contributed by atoms with Crippen molar-refractivity contribution >= 4 is 29.3 Å². The fourth-order valence-corrected chi connectivity index (χ4v) is 3.44. The Kier molecular flexibility index (Phi) is 7.36. The summed E-state index contributed by atoms with van der Waals surface area (Å²) in [5.74, 6) is 0.464. The summed E-state index contributed by atoms with van der Waals surface area (Å²) in [6.07, 6.45) is 4.11. The lowest BCUT2D eigenvalue weighted by Gasteiger charge is -2.23. The number of hydrogen-bond acceptors (Lipinski definition) is 4. The van der Waals surface area contributed by atoms with Crippen LogP contribution >= 0.6 is 11.6 Å². The van der Waals surface area contributed by atoms with E-state index in [1.807, 2.05) is 6.92 Å². The normalized spacial score (nSPS) is 21.7. The van der Waals surface area contributed by atoms with Crippen LogP contribution in [0.3, 0.4) is 0 Å². The molecule has 8 heteroatoms. The minimum atomic E-state index is -0.278. The number of amides is 3. The molecular formula is C21H28ClN3O4. The Bertz CT molecular complexity index is 766. The van der Waals surface area contributed by atoms with Crippen molar-refractivity contribution in [2.75, 3.05) is 26.2 Å². The first-order valence-electron chi connectivity index (χ1n) is 10.2. The molecular weight excluding hydrogens is 394 g/mol. The van der Waals surface area contributed by atoms with Crippen LogP contribution in [0.5, 0.6) is 5.75 Å². The molecule has 3 amide bonds. The lowest BCUT2D eigenvalue weighted by molar-refractivity contribution is -0.136. The van der Waals surface area contributed by atoms with Crippen LogP contribution in [-0.4, -0.2) is 54.9 Å². The number of ether oxygens (including phenoxy) is 1. The van der Waals surface area contributed by atoms with E-state index >= 15 is 0 Å². The second-order valence-electron chi connectivity index (χ2n) is 7.85. The minimum Gasteiger partial charge on any atom is -0.491 e. The molecule has 1 saturated carbocycles. The number of halogens is 1. The van der Waals surface area contributed by atoms with Gasteiger partial charge in [0, 0.05) is 24.5 Å². The maximum atomic E-state index is 12.5. The van der Waals surface area contributed by atoms with Gasteiger partial charge in [0.15, 0.2) is 0 Å². The van der Waals surface area contributed by atoms with Gasteiger partial charge in [-0.1, -0.05) is 11.6 Å². The van der Waals surface area contributed by atoms with Gasteiger partial charge in [0.25, 0.3) is 5.91 Å². The zero-order valence-electron chi connectivity index (χ0n) is 16.7. The molecule has 1 aromatic rings. The van der Waals surface area contributed by atoms with E-state index in [4.69, 9.17) is 16.3 Å². The number of rotatable bonds is 2. The Hall–Kier alpha value is -2.28. The Morgan fingerprint density at radius 1 is 1.28 bits per heavy atom. The number of fused-ring (bicyclic) bond motifs is 1. The van der Waals surface area contributed by atoms with Crippen molar-refractivity contribution in [3.8, 4) is 5.75 Å². The van der Waals surface area contributed by atoms with Crippen molar-refractivity contribution in [3.63, 3.8) is 0 Å². The Labute approximate surface area is 176 Å². The quantitative estimate of drug-likeness (QED) is 0.767. The average Bonchev–Trinajstić information content (AvgIpc) is 3.48. The molecule has 2 aliphatic rings. The van der Waals surface area contributed by atoms with Crippen LogP contribution in [0.4, 0.5) is 0 Å². The van der Waals surface area contributed by atoms with Crippen molar-refractivity contribution in [2.45, 2.75) is 45.1 Å². The zero-order chi connectivity index (χ0) is 20.8. The van der Waals surface area contributed by atoms with Crippen LogP contribution in [0.1, 0.15) is 49.4 Å². The molecule has 0 unspecified atom stereocenters. The SMILES string of the molecule is C[C@H]1COc2ccc(Cl)cc2C(=O)NCCCCN(C(=O)CC2CC2)CC(=O)N1. The summed E-state index contributed by atoms with van der Waals surface area (Å²) in [6, 6.07) is 4.61. The number of carbonyl (C=O) groups is 3. The third-order valence-electron chi connectivity index (χ3n) is 5.07. The van der Waals surface area contributed by atoms with Gasteiger partial charge in [-0.3, -0.25) is 14.4 Å². The van der Waals surface area contributed by atoms with Crippen molar-refractivity contribution in [1.82, 2.24) is 15.5 Å². The molecule has 1 fully saturated rings. The third-order valence-corrected chi connectivity index (χ3v) is 5.31. The number of benzene rings is 1. The highest BCUT2D eigenvalue weighted by Crippen LogP contribution is 2.32. The molecule has 7 nitrogen and oxygen atoms in total. The monoisotopic (exact) mass is 421 g/mol. The van der Waals surface area contributed by atoms with E-state index in [-0.39, 0.29) is 36.9 Å². The van der Waals surface area contributed by atoms with E-state index in [9.17, 15) is 14.4 Å². The van der Waals surface area contributed by atoms with Gasteiger partial charge in [-0.2, -0.15) is 0 Å². The second-order valence-corrected chi connectivity index (χ2v) is 8.28. The molecule has 0 saturated heterocycles. The maximum Gasteiger partial charge on any atom is 0.255 e. The molecule has 0 bridgehead atoms. The predicted octanol–water partition coefficient (Wildman–Crippen LogP) is 2.38. The first-order valence-corrected chi connectivity index (χ1v) is 10.6. The fourth-order valence-electron chi connectivity index (χ4n) is 3.27. The van der Waals surface area contributed by atoms with Gasteiger partial charge < -0.3 is 20.3 Å². The van der Waals surface area contributed by atoms with Crippen LogP contribution in [0, 0.1) is 5.92 Å². The van der Waals surface area contributed by atoms with Crippen molar-refractivity contribution < 1.29 is 19.1 Å². The molecule has 1 aliphatic heterocycles. The lowest BCUT2D eigenvalue weighted by Crippen LogP contribution is -2.45. The largest absolute Gasteiger partial charge is 0.491 e. The summed E-state index contributed by atoms with van der Waals surface area (Å²) in [4.78, 5) is 39.2. The zero-order valence-corrected chi connectivity index (χ0v) is 17.5. The number of carbonyl (C=O) groups excluding carboxylic acids is 3. The second kappa shape index (κ2) is 9.96. The molecule has 1 atom stereocenters. The molecule has 1 aromatic carbocycles. The van der Waals surface area contributed by atoms with Crippen LogP contribution in [-0.2, 0) is 9.59 Å². The third kappa shape index (κ3) is 6.63. The molecule has 158 valence electrons. The summed E-state index contributed by atoms with van der Waals surface area (Å²) < 4.78 is 5.77. The number of nitrogens with one attached hydrogen (secondary N) is 2. The van der Waals surface area contributed by atoms with Crippen LogP contribution < -0.4 is 15.4 Å². The van der Waals surface area contributed by atoms with Gasteiger partial charge in [-0.05, 0) is 56.7 Å². The van der Waals surface area contributed by atoms with E-state index in [0.29, 0.717) is 54.6 Å². The summed E-state index contributed by atoms with van der Waals surface area (Å²) in [5.41, 5.74) is 0.368. The smallest absolute Gasteiger partial charge is 0.255 e. The fraction of sp³-hybridized carbons (Fsp3) is 0.571. The Balaban J connectivity index is 1.69. The van der Waals surface area contributed by atoms with Crippen LogP contribution in [0.25, 0.3) is 0 Å². The molecule has 1 heterocycles. The van der Waals surface area contributed by atoms with Crippen LogP contribution in [0.2, 0.25) is 5.02 Å². The summed E-state index contributed by atoms with van der Waals surface area (Å²) in [7, 11) is 0. The van der Waals surface area contributed by atoms with Gasteiger partial charge in [0.05, 0.1) is 18.2 Å². The molecule has 1 aliphatic carbocycles. The molecule has 3 rings (SSSR count). The number of nitrogens with zero attached hydrogens (tertiary/aromatic N) is 1. The van der Waals surface area contributed by atoms with Gasteiger partial charge in [-0.25, -0.2) is 0 Å². The predicted molar refractivity (Wildman–Crippen MR) is 110 cm³/mol. The van der Waals surface area contributed by atoms with Gasteiger partial charge >= 0.3 is 0 Å². The highest BCUT2D eigenvalue weighted by molar-refractivity contribution is 6.31. The summed E-state index contributed by atoms with van der Waals surface area (Å²) in [5, 5.41) is 6.20. The van der Waals surface area contributed by atoms with Gasteiger partial charge in [0.1, 0.15) is 12.4 Å². The van der Waals surface area contributed by atoms with Gasteiger partial charge in [0.2, 0.25) is 11.8 Å². The van der Waals surface area contributed by atoms with Crippen molar-refractivity contribution in [1.29, 1.82) is 0 Å². The minimum absolute atomic E-state index is 0.0296. The highest BCUT2D eigenvalue weighted by atomic mass is 35.5. The molecule has 0 radical (unpaired) electrons. The van der Waals surface area contributed by atoms with E-state index in [1.165, 1.54) is 0 Å². The van der Waals surface area contributed by atoms with Crippen molar-refractivity contribution in [2.24, 2.45) is 5.92 Å². The summed E-state index contributed by atoms with van der Waals surface area (Å²) >= 11 is 6.04. The molecule has 0 spiro atoms.